The van der Waals surface area contributed by atoms with Crippen molar-refractivity contribution in [2.75, 3.05) is 11.4 Å². The summed E-state index contributed by atoms with van der Waals surface area (Å²) >= 11 is 1.83. The zero-order valence-electron chi connectivity index (χ0n) is 22.1. The Morgan fingerprint density at radius 3 is 2.00 bits per heavy atom. The zero-order chi connectivity index (χ0) is 28.5. The van der Waals surface area contributed by atoms with E-state index in [0.29, 0.717) is 0 Å². The van der Waals surface area contributed by atoms with Gasteiger partial charge in [0.25, 0.3) is 0 Å². The van der Waals surface area contributed by atoms with Crippen LogP contribution in [-0.2, 0) is 7.05 Å². The maximum atomic E-state index is 8.49. The molecule has 0 amide bonds. The SMILES string of the molecule is CCN1\C(=C/C=C/C=C/c2cc(-c3ccccc3)cc(-c3ccccc3)[n+]2C)Sc2ccccc21.[O-][Cl+3]([O-])([O-])[O-]. The van der Waals surface area contributed by atoms with Crippen molar-refractivity contribution in [1.82, 2.24) is 0 Å². The predicted molar refractivity (Wildman–Crippen MR) is 150 cm³/mol. The van der Waals surface area contributed by atoms with Gasteiger partial charge in [0.15, 0.2) is 0 Å². The number of thioether (sulfide) groups is 1. The molecule has 0 unspecified atom stereocenters. The summed E-state index contributed by atoms with van der Waals surface area (Å²) in [7, 11) is -2.81. The Morgan fingerprint density at radius 2 is 1.35 bits per heavy atom. The van der Waals surface area contributed by atoms with Crippen LogP contribution in [-0.4, -0.2) is 6.54 Å². The number of aromatic nitrogens is 1. The monoisotopic (exact) mass is 572 g/mol. The average molecular weight is 573 g/mol. The molecule has 40 heavy (non-hydrogen) atoms. The van der Waals surface area contributed by atoms with Crippen molar-refractivity contribution in [2.45, 2.75) is 11.8 Å². The number of rotatable bonds is 6. The third-order valence-electron chi connectivity index (χ3n) is 6.20. The molecule has 0 radical (unpaired) electrons. The Morgan fingerprint density at radius 1 is 0.750 bits per heavy atom. The Balaban J connectivity index is 0.000000681. The van der Waals surface area contributed by atoms with Crippen LogP contribution in [0.1, 0.15) is 12.6 Å². The summed E-state index contributed by atoms with van der Waals surface area (Å²) in [6.07, 6.45) is 10.8. The van der Waals surface area contributed by atoms with Crippen LogP contribution in [0.3, 0.4) is 0 Å². The predicted octanol–water partition coefficient (Wildman–Crippen LogP) is 3.13. The molecule has 0 saturated carbocycles. The molecule has 1 aromatic heterocycles. The summed E-state index contributed by atoms with van der Waals surface area (Å²) in [5, 5.41) is 1.27. The molecule has 3 aromatic carbocycles. The molecule has 204 valence electrons. The fraction of sp³-hybridized carbons (Fsp3) is 0.0938. The minimum Gasteiger partial charge on any atom is -0.335 e. The highest BCUT2D eigenvalue weighted by atomic mass is 35.7. The zero-order valence-corrected chi connectivity index (χ0v) is 23.7. The van der Waals surface area contributed by atoms with Gasteiger partial charge in [0.05, 0.1) is 10.7 Å². The highest BCUT2D eigenvalue weighted by Gasteiger charge is 2.22. The van der Waals surface area contributed by atoms with Gasteiger partial charge in [0, 0.05) is 35.2 Å². The van der Waals surface area contributed by atoms with Gasteiger partial charge in [0.1, 0.15) is 7.05 Å². The van der Waals surface area contributed by atoms with E-state index >= 15 is 0 Å². The summed E-state index contributed by atoms with van der Waals surface area (Å²) < 4.78 is 36.2. The van der Waals surface area contributed by atoms with Crippen LogP contribution in [0.5, 0.6) is 0 Å². The second-order valence-corrected chi connectivity index (χ2v) is 10.6. The van der Waals surface area contributed by atoms with E-state index in [1.54, 1.807) is 0 Å². The van der Waals surface area contributed by atoms with Crippen molar-refractivity contribution in [2.24, 2.45) is 7.05 Å². The van der Waals surface area contributed by atoms with Crippen LogP contribution in [0.4, 0.5) is 5.69 Å². The van der Waals surface area contributed by atoms with E-state index in [9.17, 15) is 0 Å². The molecule has 0 N–H and O–H groups in total. The molecule has 0 atom stereocenters. The lowest BCUT2D eigenvalue weighted by atomic mass is 10.0. The highest BCUT2D eigenvalue weighted by Crippen LogP contribution is 2.45. The summed E-state index contributed by atoms with van der Waals surface area (Å²) in [5.41, 5.74) is 7.29. The van der Waals surface area contributed by atoms with Gasteiger partial charge in [0.2, 0.25) is 11.4 Å². The van der Waals surface area contributed by atoms with E-state index in [2.05, 4.69) is 151 Å². The highest BCUT2D eigenvalue weighted by molar-refractivity contribution is 8.03. The lowest BCUT2D eigenvalue weighted by Gasteiger charge is -2.17. The van der Waals surface area contributed by atoms with Gasteiger partial charge in [-0.25, -0.2) is 18.6 Å². The van der Waals surface area contributed by atoms with E-state index < -0.39 is 10.2 Å². The lowest BCUT2D eigenvalue weighted by molar-refractivity contribution is -2.00. The van der Waals surface area contributed by atoms with E-state index in [1.807, 2.05) is 11.8 Å². The van der Waals surface area contributed by atoms with E-state index in [4.69, 9.17) is 18.6 Å². The molecule has 0 spiro atoms. The standard InChI is InChI=1S/C32H29N2S.ClHO4/c1-3-34-29-20-13-14-21-31(29)35-32(34)22-12-6-11-19-28-23-27(25-15-7-4-8-16-25)24-30(33(28)2)26-17-9-5-10-18-26;2-1(3,4)5/h4-24H,3H2,1-2H3;(H,2,3,4,5)/q+1;/p-1. The molecule has 6 nitrogen and oxygen atoms in total. The Kier molecular flexibility index (Phi) is 9.95. The van der Waals surface area contributed by atoms with Crippen molar-refractivity contribution >= 4 is 23.5 Å². The van der Waals surface area contributed by atoms with Crippen molar-refractivity contribution < 1.29 is 33.4 Å². The molecule has 0 aliphatic carbocycles. The van der Waals surface area contributed by atoms with Gasteiger partial charge < -0.3 is 4.90 Å². The van der Waals surface area contributed by atoms with Crippen molar-refractivity contribution in [3.05, 3.63) is 132 Å². The summed E-state index contributed by atoms with van der Waals surface area (Å²) in [6.45, 7) is 3.16. The second kappa shape index (κ2) is 13.6. The van der Waals surface area contributed by atoms with Crippen LogP contribution < -0.4 is 28.1 Å². The number of fused-ring (bicyclic) bond motifs is 1. The molecule has 5 rings (SSSR count). The normalized spacial score (nSPS) is 14.1. The quantitative estimate of drug-likeness (QED) is 0.260. The smallest absolute Gasteiger partial charge is 0.213 e. The number of anilines is 1. The molecule has 0 fully saturated rings. The molecule has 2 heterocycles. The molecular weight excluding hydrogens is 544 g/mol. The summed E-state index contributed by atoms with van der Waals surface area (Å²) in [6, 6.07) is 34.3. The number of pyridine rings is 1. The van der Waals surface area contributed by atoms with Gasteiger partial charge >= 0.3 is 0 Å². The Hall–Kier alpha value is -3.69. The molecule has 1 aliphatic rings. The number of benzene rings is 3. The summed E-state index contributed by atoms with van der Waals surface area (Å²) in [4.78, 5) is 3.69. The van der Waals surface area contributed by atoms with Gasteiger partial charge in [-0.05, 0) is 48.4 Å². The first kappa shape index (κ1) is 29.3. The van der Waals surface area contributed by atoms with Crippen LogP contribution in [0, 0.1) is 10.2 Å². The maximum Gasteiger partial charge on any atom is 0.213 e. The lowest BCUT2D eigenvalue weighted by Crippen LogP contribution is -2.68. The van der Waals surface area contributed by atoms with Gasteiger partial charge in [-0.2, -0.15) is 4.57 Å². The Labute approximate surface area is 241 Å². The van der Waals surface area contributed by atoms with Gasteiger partial charge in [-0.15, -0.1) is 10.2 Å². The third kappa shape index (κ3) is 7.92. The van der Waals surface area contributed by atoms with Gasteiger partial charge in [-0.1, -0.05) is 90.7 Å². The van der Waals surface area contributed by atoms with Crippen molar-refractivity contribution in [1.29, 1.82) is 0 Å². The largest absolute Gasteiger partial charge is 0.335 e. The maximum absolute atomic E-state index is 8.49. The summed E-state index contributed by atoms with van der Waals surface area (Å²) in [5.74, 6) is 0. The first-order valence-electron chi connectivity index (χ1n) is 12.6. The average Bonchev–Trinajstić information content (AvgIpc) is 3.31. The molecule has 0 bridgehead atoms. The first-order valence-corrected chi connectivity index (χ1v) is 14.7. The molecule has 8 heteroatoms. The Bertz CT molecular complexity index is 1510. The van der Waals surface area contributed by atoms with Crippen molar-refractivity contribution in [3.63, 3.8) is 0 Å². The number of nitrogens with zero attached hydrogens (tertiary/aromatic N) is 2. The number of hydrogen-bond acceptors (Lipinski definition) is 6. The molecule has 4 aromatic rings. The van der Waals surface area contributed by atoms with E-state index in [-0.39, 0.29) is 0 Å². The second-order valence-electron chi connectivity index (χ2n) is 8.79. The van der Waals surface area contributed by atoms with E-state index in [1.165, 1.54) is 38.0 Å². The van der Waals surface area contributed by atoms with Crippen molar-refractivity contribution in [3.8, 4) is 22.4 Å². The number of halogens is 1. The molecular formula is C32H29ClN2O4S. The molecule has 0 saturated heterocycles. The van der Waals surface area contributed by atoms with Crippen LogP contribution in [0.15, 0.2) is 131 Å². The number of hydrogen-bond donors (Lipinski definition) is 0. The first-order chi connectivity index (χ1) is 19.2. The van der Waals surface area contributed by atoms with Gasteiger partial charge in [-0.3, -0.25) is 0 Å². The number of allylic oxidation sites excluding steroid dienone is 4. The van der Waals surface area contributed by atoms with Crippen LogP contribution >= 0.6 is 11.8 Å². The van der Waals surface area contributed by atoms with Crippen LogP contribution in [0.2, 0.25) is 0 Å². The molecule has 1 aliphatic heterocycles. The minimum absolute atomic E-state index is 0.962. The third-order valence-corrected chi connectivity index (χ3v) is 7.33. The van der Waals surface area contributed by atoms with Crippen LogP contribution in [0.25, 0.3) is 28.5 Å². The topological polar surface area (TPSA) is 99.4 Å². The minimum atomic E-state index is -4.94. The fourth-order valence-electron chi connectivity index (χ4n) is 4.38. The number of para-hydroxylation sites is 1. The fourth-order valence-corrected chi connectivity index (χ4v) is 5.52. The van der Waals surface area contributed by atoms with E-state index in [0.717, 1.165) is 12.2 Å².